The summed E-state index contributed by atoms with van der Waals surface area (Å²) < 4.78 is 74.3. The second kappa shape index (κ2) is 12.3. The number of aromatic nitrogens is 1. The van der Waals surface area contributed by atoms with Gasteiger partial charge in [-0.1, -0.05) is 30.3 Å². The molecule has 0 fully saturated rings. The number of ether oxygens (including phenoxy) is 1. The van der Waals surface area contributed by atoms with Crippen molar-refractivity contribution in [3.8, 4) is 5.75 Å². The van der Waals surface area contributed by atoms with E-state index in [0.717, 1.165) is 18.2 Å². The summed E-state index contributed by atoms with van der Waals surface area (Å²) in [6.45, 7) is -0.289. The maximum atomic E-state index is 13.8. The van der Waals surface area contributed by atoms with Gasteiger partial charge in [-0.2, -0.15) is 13.2 Å². The molecule has 1 aromatic heterocycles. The molecule has 0 saturated carbocycles. The molecule has 0 N–H and O–H groups in total. The van der Waals surface area contributed by atoms with Gasteiger partial charge in [0.05, 0.1) is 22.0 Å². The second-order valence-electron chi connectivity index (χ2n) is 8.86. The van der Waals surface area contributed by atoms with Gasteiger partial charge >= 0.3 is 35.7 Å². The van der Waals surface area contributed by atoms with Gasteiger partial charge in [-0.3, -0.25) is 0 Å². The summed E-state index contributed by atoms with van der Waals surface area (Å²) in [5.74, 6) is -2.70. The monoisotopic (exact) mass is 579 g/mol. The summed E-state index contributed by atoms with van der Waals surface area (Å²) in [7, 11) is 0. The molecule has 2 heterocycles. The van der Waals surface area contributed by atoms with Crippen molar-refractivity contribution in [1.82, 2.24) is 4.98 Å². The number of hydrogen-bond acceptors (Lipinski definition) is 5. The van der Waals surface area contributed by atoms with Crippen LogP contribution in [0.5, 0.6) is 5.75 Å². The van der Waals surface area contributed by atoms with Gasteiger partial charge in [0, 0.05) is 28.5 Å². The summed E-state index contributed by atoms with van der Waals surface area (Å²) in [5.41, 5.74) is 1.67. The topological polar surface area (TPSA) is 62.2 Å². The van der Waals surface area contributed by atoms with E-state index < -0.39 is 34.6 Å². The summed E-state index contributed by atoms with van der Waals surface area (Å²) in [6.07, 6.45) is -1.44. The number of thioether (sulfide) groups is 1. The molecule has 1 aliphatic heterocycles. The Morgan fingerprint density at radius 2 is 1.80 bits per heavy atom. The predicted octanol–water partition coefficient (Wildman–Crippen LogP) is 3.56. The molecule has 3 aromatic carbocycles. The third-order valence-corrected chi connectivity index (χ3v) is 7.56. The number of aliphatic carboxylic acids is 1. The Morgan fingerprint density at radius 3 is 2.55 bits per heavy atom. The number of benzene rings is 3. The minimum atomic E-state index is -4.58. The molecular weight excluding hydrogens is 560 g/mol. The Morgan fingerprint density at radius 1 is 1.02 bits per heavy atom. The van der Waals surface area contributed by atoms with Gasteiger partial charge in [-0.25, -0.2) is 13.8 Å². The smallest absolute Gasteiger partial charge is 0.550 e. The van der Waals surface area contributed by atoms with Gasteiger partial charge in [0.2, 0.25) is 0 Å². The molecule has 0 bridgehead atoms. The van der Waals surface area contributed by atoms with E-state index in [0.29, 0.717) is 33.5 Å². The quantitative estimate of drug-likeness (QED) is 0.258. The molecule has 4 aromatic rings. The number of carbonyl (C=O) groups excluding carboxylic acids is 1. The van der Waals surface area contributed by atoms with E-state index >= 15 is 0 Å². The summed E-state index contributed by atoms with van der Waals surface area (Å²) in [4.78, 5) is 15.4. The summed E-state index contributed by atoms with van der Waals surface area (Å²) in [5, 5.41) is 10.8. The summed E-state index contributed by atoms with van der Waals surface area (Å²) >= 11 is 1.20. The molecule has 1 atom stereocenters. The maximum absolute atomic E-state index is 13.8. The Labute approximate surface area is 252 Å². The number of halogens is 5. The number of hydrogen-bond donors (Lipinski definition) is 0. The van der Waals surface area contributed by atoms with Crippen molar-refractivity contribution >= 4 is 40.8 Å². The Kier molecular flexibility index (Phi) is 9.24. The zero-order valence-electron chi connectivity index (χ0n) is 21.1. The molecular formula is C29H19F5NNaO3S. The molecule has 0 spiro atoms. The summed E-state index contributed by atoms with van der Waals surface area (Å²) in [6, 6.07) is 14.5. The molecule has 0 saturated heterocycles. The Bertz CT molecular complexity index is 1610. The second-order valence-corrected chi connectivity index (χ2v) is 10.1. The van der Waals surface area contributed by atoms with Crippen molar-refractivity contribution in [2.24, 2.45) is 0 Å². The van der Waals surface area contributed by atoms with Gasteiger partial charge < -0.3 is 14.6 Å². The van der Waals surface area contributed by atoms with Gasteiger partial charge in [0.15, 0.2) is 11.6 Å². The number of carbonyl (C=O) groups is 1. The van der Waals surface area contributed by atoms with Crippen molar-refractivity contribution in [2.45, 2.75) is 24.5 Å². The maximum Gasteiger partial charge on any atom is 1.00 e. The number of carboxylic acids is 1. The van der Waals surface area contributed by atoms with E-state index in [2.05, 4.69) is 4.98 Å². The van der Waals surface area contributed by atoms with Crippen LogP contribution in [-0.2, 0) is 17.6 Å². The fourth-order valence-corrected chi connectivity index (χ4v) is 5.73. The standard InChI is InChI=1S/C29H20F5NO3S.Na/c30-23-13-17-6-8-18(35-25(17)14-24(23)31)7-4-16-5-9-26-20(12-16)28(39-11-10-27(36)37)19-2-1-3-22(29(32,33)34)21(19)15-38-26;/h1-9,12-14,28H,10-11,15H2,(H,36,37);/q;+1/p-1. The van der Waals surface area contributed by atoms with E-state index in [9.17, 15) is 31.9 Å². The number of rotatable bonds is 6. The third kappa shape index (κ3) is 6.52. The Balaban J connectivity index is 0.00000370. The molecule has 40 heavy (non-hydrogen) atoms. The minimum absolute atomic E-state index is 0. The predicted molar refractivity (Wildman–Crippen MR) is 137 cm³/mol. The zero-order valence-corrected chi connectivity index (χ0v) is 23.9. The Hall–Kier alpha value is -2.92. The van der Waals surface area contributed by atoms with Crippen molar-refractivity contribution < 1.29 is 66.1 Å². The number of pyridine rings is 1. The van der Waals surface area contributed by atoms with Crippen molar-refractivity contribution in [2.75, 3.05) is 5.75 Å². The first-order valence-corrected chi connectivity index (χ1v) is 12.9. The van der Waals surface area contributed by atoms with Crippen LogP contribution in [0.1, 0.15) is 45.2 Å². The van der Waals surface area contributed by atoms with Crippen LogP contribution < -0.4 is 39.4 Å². The van der Waals surface area contributed by atoms with E-state index in [4.69, 9.17) is 4.74 Å². The van der Waals surface area contributed by atoms with Crippen LogP contribution in [0.25, 0.3) is 23.1 Å². The first kappa shape index (κ1) is 30.0. The fraction of sp³-hybridized carbons (Fsp3) is 0.172. The molecule has 11 heteroatoms. The molecule has 1 unspecified atom stereocenters. The van der Waals surface area contributed by atoms with Crippen LogP contribution in [0.4, 0.5) is 22.0 Å². The van der Waals surface area contributed by atoms with Gasteiger partial charge in [0.25, 0.3) is 0 Å². The van der Waals surface area contributed by atoms with E-state index in [1.165, 1.54) is 17.8 Å². The number of carboxylic acid groups (broad SMARTS) is 1. The van der Waals surface area contributed by atoms with Crippen LogP contribution in [-0.4, -0.2) is 16.7 Å². The van der Waals surface area contributed by atoms with E-state index in [1.54, 1.807) is 48.6 Å². The molecule has 0 radical (unpaired) electrons. The van der Waals surface area contributed by atoms with Crippen molar-refractivity contribution in [3.63, 3.8) is 0 Å². The molecule has 5 rings (SSSR count). The minimum Gasteiger partial charge on any atom is -0.550 e. The van der Waals surface area contributed by atoms with Gasteiger partial charge in [0.1, 0.15) is 12.4 Å². The van der Waals surface area contributed by atoms with Crippen LogP contribution in [0.2, 0.25) is 0 Å². The fourth-order valence-electron chi connectivity index (χ4n) is 4.45. The van der Waals surface area contributed by atoms with Crippen molar-refractivity contribution in [3.05, 3.63) is 106 Å². The van der Waals surface area contributed by atoms with E-state index in [1.807, 2.05) is 0 Å². The zero-order chi connectivity index (χ0) is 27.7. The van der Waals surface area contributed by atoms with Crippen LogP contribution in [0, 0.1) is 11.6 Å². The first-order valence-electron chi connectivity index (χ1n) is 11.8. The third-order valence-electron chi connectivity index (χ3n) is 6.28. The molecule has 200 valence electrons. The van der Waals surface area contributed by atoms with Crippen LogP contribution in [0.15, 0.2) is 60.7 Å². The van der Waals surface area contributed by atoms with Crippen LogP contribution in [0.3, 0.4) is 0 Å². The average Bonchev–Trinajstić information content (AvgIpc) is 3.04. The molecule has 4 nitrogen and oxygen atoms in total. The molecule has 0 amide bonds. The number of fused-ring (bicyclic) bond motifs is 3. The van der Waals surface area contributed by atoms with Gasteiger partial charge in [-0.15, -0.1) is 11.8 Å². The van der Waals surface area contributed by atoms with Gasteiger partial charge in [-0.05, 0) is 59.7 Å². The first-order chi connectivity index (χ1) is 18.6. The number of alkyl halides is 3. The van der Waals surface area contributed by atoms with E-state index in [-0.39, 0.29) is 59.4 Å². The van der Waals surface area contributed by atoms with Crippen LogP contribution >= 0.6 is 11.8 Å². The molecule has 0 aliphatic carbocycles. The largest absolute Gasteiger partial charge is 1.00 e. The normalized spacial score (nSPS) is 14.7. The average molecular weight is 580 g/mol. The number of nitrogens with zero attached hydrogens (tertiary/aromatic N) is 1. The van der Waals surface area contributed by atoms with Crippen molar-refractivity contribution in [1.29, 1.82) is 0 Å². The molecule has 1 aliphatic rings. The SMILES string of the molecule is O=C([O-])CCSC1c2cc(C=Cc3ccc4cc(F)c(F)cc4n3)ccc2OCc2c1cccc2C(F)(F)F.[Na+].